The number of carboxylic acid groups (broad SMARTS) is 1. The molecule has 0 spiro atoms. The average Bonchev–Trinajstić information content (AvgIpc) is 3.45. The second kappa shape index (κ2) is 15.1. The maximum absolute atomic E-state index is 13.3. The topological polar surface area (TPSA) is 160 Å². The van der Waals surface area contributed by atoms with Crippen molar-refractivity contribution in [2.45, 2.75) is 50.1 Å². The van der Waals surface area contributed by atoms with E-state index in [4.69, 9.17) is 9.47 Å². The molecule has 3 atom stereocenters. The first-order valence-electron chi connectivity index (χ1n) is 13.9. The first kappa shape index (κ1) is 32.1. The number of aromatic hydroxyl groups is 1. The minimum atomic E-state index is -1.18. The van der Waals surface area contributed by atoms with Crippen LogP contribution in [0.4, 0.5) is 4.79 Å². The Kier molecular flexibility index (Phi) is 11.0. The average molecular weight is 621 g/mol. The van der Waals surface area contributed by atoms with Crippen molar-refractivity contribution in [3.63, 3.8) is 0 Å². The highest BCUT2D eigenvalue weighted by molar-refractivity contribution is 8.14. The van der Waals surface area contributed by atoms with Crippen LogP contribution in [0.25, 0.3) is 0 Å². The minimum Gasteiger partial charge on any atom is -0.508 e. The van der Waals surface area contributed by atoms with Gasteiger partial charge >= 0.3 is 12.1 Å². The van der Waals surface area contributed by atoms with E-state index >= 15 is 0 Å². The van der Waals surface area contributed by atoms with Gasteiger partial charge < -0.3 is 29.9 Å². The third kappa shape index (κ3) is 8.60. The van der Waals surface area contributed by atoms with Crippen LogP contribution in [0.3, 0.4) is 0 Å². The molecule has 4 rings (SSSR count). The number of rotatable bonds is 11. The molecule has 1 heterocycles. The standard InChI is InChI=1S/C32H32N2O9S/c1-20(35)44-28(17-21-11-13-23(14-12-21)43-32(41)42-19-22-7-3-2-4-8-22)30(38)33-18-29(37)34-25(15-16-26(34)31(39)40)24-9-5-6-10-27(24)36/h2-14,25-26,28,36H,15-19H2,1H3,(H,33,38)(H,39,40). The number of carboxylic acids is 1. The maximum atomic E-state index is 13.3. The van der Waals surface area contributed by atoms with Crippen LogP contribution in [-0.4, -0.2) is 62.0 Å². The molecule has 0 radical (unpaired) electrons. The summed E-state index contributed by atoms with van der Waals surface area (Å²) in [6, 6.07) is 20.1. The molecule has 0 bridgehead atoms. The minimum absolute atomic E-state index is 0.0520. The molecule has 3 aromatic rings. The van der Waals surface area contributed by atoms with E-state index in [-0.39, 0.29) is 36.1 Å². The van der Waals surface area contributed by atoms with E-state index in [0.717, 1.165) is 17.3 Å². The highest BCUT2D eigenvalue weighted by Crippen LogP contribution is 2.39. The summed E-state index contributed by atoms with van der Waals surface area (Å²) in [4.78, 5) is 63.5. The van der Waals surface area contributed by atoms with Crippen molar-refractivity contribution >= 4 is 40.8 Å². The van der Waals surface area contributed by atoms with Crippen LogP contribution in [0.5, 0.6) is 11.5 Å². The third-order valence-electron chi connectivity index (χ3n) is 7.01. The van der Waals surface area contributed by atoms with Crippen molar-refractivity contribution in [1.82, 2.24) is 10.2 Å². The second-order valence-electron chi connectivity index (χ2n) is 10.1. The number of phenols is 1. The van der Waals surface area contributed by atoms with Gasteiger partial charge in [0.15, 0.2) is 5.12 Å². The van der Waals surface area contributed by atoms with Gasteiger partial charge in [0.1, 0.15) is 24.1 Å². The lowest BCUT2D eigenvalue weighted by molar-refractivity contribution is -0.149. The third-order valence-corrected chi connectivity index (χ3v) is 8.01. The summed E-state index contributed by atoms with van der Waals surface area (Å²) >= 11 is 0.802. The number of likely N-dealkylation sites (tertiary alicyclic amines) is 1. The highest BCUT2D eigenvalue weighted by Gasteiger charge is 2.42. The molecule has 1 aliphatic rings. The number of hydrogen-bond acceptors (Lipinski definition) is 9. The number of ether oxygens (including phenoxy) is 2. The molecule has 0 aromatic heterocycles. The molecule has 11 nitrogen and oxygen atoms in total. The lowest BCUT2D eigenvalue weighted by Gasteiger charge is -2.29. The number of aliphatic carboxylic acids is 1. The van der Waals surface area contributed by atoms with E-state index < -0.39 is 47.8 Å². The Morgan fingerprint density at radius 3 is 2.27 bits per heavy atom. The molecule has 230 valence electrons. The maximum Gasteiger partial charge on any atom is 0.514 e. The van der Waals surface area contributed by atoms with Crippen LogP contribution in [-0.2, 0) is 36.9 Å². The Morgan fingerprint density at radius 2 is 1.61 bits per heavy atom. The summed E-state index contributed by atoms with van der Waals surface area (Å²) in [6.07, 6.45) is -0.211. The van der Waals surface area contributed by atoms with Crippen molar-refractivity contribution in [1.29, 1.82) is 0 Å². The number of hydrogen-bond donors (Lipinski definition) is 3. The summed E-state index contributed by atoms with van der Waals surface area (Å²) in [5, 5.41) is 21.4. The Morgan fingerprint density at radius 1 is 0.932 bits per heavy atom. The van der Waals surface area contributed by atoms with Gasteiger partial charge in [-0.05, 0) is 48.6 Å². The van der Waals surface area contributed by atoms with Gasteiger partial charge in [0.25, 0.3) is 0 Å². The number of para-hydroxylation sites is 1. The molecular weight excluding hydrogens is 588 g/mol. The molecule has 1 saturated heterocycles. The molecule has 3 unspecified atom stereocenters. The van der Waals surface area contributed by atoms with Crippen molar-refractivity contribution in [2.24, 2.45) is 0 Å². The van der Waals surface area contributed by atoms with Gasteiger partial charge in [0.05, 0.1) is 17.8 Å². The Hall–Kier alpha value is -4.84. The number of carbonyl (C=O) groups is 5. The molecule has 0 aliphatic carbocycles. The van der Waals surface area contributed by atoms with Crippen LogP contribution in [0.1, 0.15) is 42.5 Å². The number of benzene rings is 3. The monoisotopic (exact) mass is 620 g/mol. The number of carbonyl (C=O) groups excluding carboxylic acids is 4. The van der Waals surface area contributed by atoms with Crippen LogP contribution in [0, 0.1) is 0 Å². The van der Waals surface area contributed by atoms with Crippen molar-refractivity contribution in [3.8, 4) is 11.5 Å². The lowest BCUT2D eigenvalue weighted by atomic mass is 10.0. The van der Waals surface area contributed by atoms with E-state index in [1.54, 1.807) is 30.3 Å². The summed E-state index contributed by atoms with van der Waals surface area (Å²) in [5.41, 5.74) is 1.91. The van der Waals surface area contributed by atoms with Gasteiger partial charge in [0, 0.05) is 12.5 Å². The molecule has 1 aliphatic heterocycles. The van der Waals surface area contributed by atoms with E-state index in [2.05, 4.69) is 5.32 Å². The van der Waals surface area contributed by atoms with Gasteiger partial charge in [-0.1, -0.05) is 72.4 Å². The fourth-order valence-corrected chi connectivity index (χ4v) is 5.85. The zero-order valence-electron chi connectivity index (χ0n) is 23.9. The predicted molar refractivity (Wildman–Crippen MR) is 161 cm³/mol. The van der Waals surface area contributed by atoms with Crippen LogP contribution in [0.15, 0.2) is 78.9 Å². The number of amides is 2. The zero-order valence-corrected chi connectivity index (χ0v) is 24.7. The van der Waals surface area contributed by atoms with E-state index in [0.29, 0.717) is 17.5 Å². The number of nitrogens with zero attached hydrogens (tertiary/aromatic N) is 1. The zero-order chi connectivity index (χ0) is 31.6. The van der Waals surface area contributed by atoms with E-state index in [1.165, 1.54) is 30.0 Å². The van der Waals surface area contributed by atoms with Gasteiger partial charge in [-0.15, -0.1) is 0 Å². The Balaban J connectivity index is 1.36. The quantitative estimate of drug-likeness (QED) is 0.209. The largest absolute Gasteiger partial charge is 0.514 e. The summed E-state index contributed by atoms with van der Waals surface area (Å²) in [5.74, 6) is -2.19. The van der Waals surface area contributed by atoms with Crippen molar-refractivity contribution < 1.29 is 43.7 Å². The van der Waals surface area contributed by atoms with Crippen molar-refractivity contribution in [2.75, 3.05) is 6.54 Å². The molecular formula is C32H32N2O9S. The number of phenolic OH excluding ortho intramolecular Hbond substituents is 1. The van der Waals surface area contributed by atoms with Gasteiger partial charge in [-0.25, -0.2) is 9.59 Å². The van der Waals surface area contributed by atoms with Gasteiger partial charge in [-0.3, -0.25) is 14.4 Å². The van der Waals surface area contributed by atoms with Crippen molar-refractivity contribution in [3.05, 3.63) is 95.6 Å². The SMILES string of the molecule is CC(=O)SC(Cc1ccc(OC(=O)OCc2ccccc2)cc1)C(=O)NCC(=O)N1C(C(=O)O)CCC1c1ccccc1O. The lowest BCUT2D eigenvalue weighted by Crippen LogP contribution is -2.47. The number of nitrogens with one attached hydrogen (secondary N) is 1. The summed E-state index contributed by atoms with van der Waals surface area (Å²) in [6.45, 7) is 0.898. The second-order valence-corrected chi connectivity index (χ2v) is 11.5. The highest BCUT2D eigenvalue weighted by atomic mass is 32.2. The Labute approximate surface area is 258 Å². The molecule has 3 N–H and O–H groups in total. The fraction of sp³-hybridized carbons (Fsp3) is 0.281. The molecule has 12 heteroatoms. The Bertz CT molecular complexity index is 1500. The first-order chi connectivity index (χ1) is 21.1. The fourth-order valence-electron chi connectivity index (χ4n) is 4.98. The molecule has 3 aromatic carbocycles. The molecule has 2 amide bonds. The summed E-state index contributed by atoms with van der Waals surface area (Å²) < 4.78 is 10.3. The smallest absolute Gasteiger partial charge is 0.508 e. The van der Waals surface area contributed by atoms with Crippen LogP contribution < -0.4 is 10.1 Å². The molecule has 44 heavy (non-hydrogen) atoms. The van der Waals surface area contributed by atoms with E-state index in [9.17, 15) is 34.2 Å². The normalized spacial score (nSPS) is 16.5. The van der Waals surface area contributed by atoms with Gasteiger partial charge in [-0.2, -0.15) is 0 Å². The summed E-state index contributed by atoms with van der Waals surface area (Å²) in [7, 11) is 0. The first-order valence-corrected chi connectivity index (χ1v) is 14.7. The van der Waals surface area contributed by atoms with Gasteiger partial charge in [0.2, 0.25) is 11.8 Å². The number of thioether (sulfide) groups is 1. The molecule has 0 saturated carbocycles. The van der Waals surface area contributed by atoms with Crippen LogP contribution >= 0.6 is 11.8 Å². The van der Waals surface area contributed by atoms with E-state index in [1.807, 2.05) is 30.3 Å². The predicted octanol–water partition coefficient (Wildman–Crippen LogP) is 4.23. The van der Waals surface area contributed by atoms with Crippen LogP contribution in [0.2, 0.25) is 0 Å². The molecule has 1 fully saturated rings.